The highest BCUT2D eigenvalue weighted by Crippen LogP contribution is 2.73. The lowest BCUT2D eigenvalue weighted by molar-refractivity contribution is -0.345. The Morgan fingerprint density at radius 3 is 2.38 bits per heavy atom. The Hall–Kier alpha value is -2.63. The van der Waals surface area contributed by atoms with Crippen LogP contribution in [0.25, 0.3) is 0 Å². The molecule has 0 aromatic carbocycles. The molecular formula is C34H44O11. The van der Waals surface area contributed by atoms with Gasteiger partial charge < -0.3 is 28.4 Å². The minimum absolute atomic E-state index is 0.00158. The fraction of sp³-hybridized carbons (Fsp3) is 0.794. The predicted octanol–water partition coefficient (Wildman–Crippen LogP) is 3.39. The topological polar surface area (TPSA) is 141 Å². The van der Waals surface area contributed by atoms with Gasteiger partial charge in [-0.2, -0.15) is 0 Å². The van der Waals surface area contributed by atoms with Crippen LogP contribution in [-0.4, -0.2) is 77.5 Å². The number of fused-ring (bicyclic) bond motifs is 2. The third-order valence-corrected chi connectivity index (χ3v) is 12.7. The van der Waals surface area contributed by atoms with Gasteiger partial charge in [-0.05, 0) is 51.7 Å². The summed E-state index contributed by atoms with van der Waals surface area (Å²) in [4.78, 5) is 67.9. The molecule has 0 amide bonds. The number of hydrogen-bond acceptors (Lipinski definition) is 11. The molecule has 0 radical (unpaired) electrons. The van der Waals surface area contributed by atoms with Crippen LogP contribution in [0.15, 0.2) is 11.1 Å². The molecule has 2 aliphatic carbocycles. The summed E-state index contributed by atoms with van der Waals surface area (Å²) in [7, 11) is 0. The van der Waals surface area contributed by atoms with Crippen molar-refractivity contribution in [1.29, 1.82) is 0 Å². The summed E-state index contributed by atoms with van der Waals surface area (Å²) in [6.07, 6.45) is -1.88. The van der Waals surface area contributed by atoms with Gasteiger partial charge in [0.25, 0.3) is 0 Å². The Balaban J connectivity index is 1.42. The Morgan fingerprint density at radius 1 is 1.00 bits per heavy atom. The number of esters is 3. The number of ether oxygens (including phenoxy) is 6. The fourth-order valence-electron chi connectivity index (χ4n) is 10.7. The van der Waals surface area contributed by atoms with Gasteiger partial charge in [0.1, 0.15) is 24.1 Å². The van der Waals surface area contributed by atoms with E-state index in [9.17, 15) is 19.2 Å². The molecule has 2 bridgehead atoms. The van der Waals surface area contributed by atoms with Crippen LogP contribution >= 0.6 is 0 Å². The second kappa shape index (κ2) is 9.47. The van der Waals surface area contributed by atoms with Crippen LogP contribution in [0.5, 0.6) is 0 Å². The van der Waals surface area contributed by atoms with Gasteiger partial charge in [-0.3, -0.25) is 24.0 Å². The highest BCUT2D eigenvalue weighted by Gasteiger charge is 2.85. The summed E-state index contributed by atoms with van der Waals surface area (Å²) in [5.41, 5.74) is -2.26. The van der Waals surface area contributed by atoms with Gasteiger partial charge in [0, 0.05) is 42.4 Å². The van der Waals surface area contributed by atoms with E-state index in [0.717, 1.165) is 11.1 Å². The van der Waals surface area contributed by atoms with Crippen LogP contribution in [-0.2, 0) is 52.4 Å². The van der Waals surface area contributed by atoms with Crippen molar-refractivity contribution in [3.05, 3.63) is 11.1 Å². The Bertz CT molecular complexity index is 1450. The van der Waals surface area contributed by atoms with Crippen molar-refractivity contribution in [3.63, 3.8) is 0 Å². The molecule has 5 heterocycles. The van der Waals surface area contributed by atoms with E-state index in [2.05, 4.69) is 0 Å². The van der Waals surface area contributed by atoms with Crippen LogP contribution in [0.2, 0.25) is 0 Å². The Morgan fingerprint density at radius 2 is 1.71 bits per heavy atom. The summed E-state index contributed by atoms with van der Waals surface area (Å²) >= 11 is 0. The van der Waals surface area contributed by atoms with Crippen LogP contribution < -0.4 is 0 Å². The first kappa shape index (κ1) is 31.0. The first-order valence-corrected chi connectivity index (χ1v) is 16.4. The van der Waals surface area contributed by atoms with E-state index in [1.807, 2.05) is 34.6 Å². The van der Waals surface area contributed by atoms with E-state index in [0.29, 0.717) is 12.8 Å². The largest absolute Gasteiger partial charge is 0.466 e. The van der Waals surface area contributed by atoms with Crippen molar-refractivity contribution in [2.24, 2.45) is 34.5 Å². The molecule has 11 heteroatoms. The molecule has 0 aromatic heterocycles. The summed E-state index contributed by atoms with van der Waals surface area (Å²) in [5, 5.41) is 0. The Kier molecular flexibility index (Phi) is 6.52. The molecule has 4 saturated heterocycles. The van der Waals surface area contributed by atoms with Gasteiger partial charge in [0.15, 0.2) is 0 Å². The second-order valence-corrected chi connectivity index (χ2v) is 15.4. The maximum atomic E-state index is 15.3. The highest BCUT2D eigenvalue weighted by molar-refractivity contribution is 5.98. The number of carbonyl (C=O) groups excluding carboxylic acids is 5. The summed E-state index contributed by atoms with van der Waals surface area (Å²) < 4.78 is 37.7. The standard InChI is InChI=1S/C34H44O11/c1-9-40-22(36)13-20-18-14-33-11-10-31(7)25(37)16(3)32(8)27-24(15(2)28(39)42-27)44-34(45-33,29(31)32)26(38)23(33)21(41-17(4)35)12-19(18)30(5,6)43-20/h15-16,20-21,23-24,27,29H,9-14H2,1-8H3/t15-,16+,20+,21-,23-,24+,27-,29+,31+,32+,33-,34+/m0/s1. The number of ketones is 2. The van der Waals surface area contributed by atoms with Gasteiger partial charge in [-0.15, -0.1) is 0 Å². The molecule has 12 atom stereocenters. The average molecular weight is 629 g/mol. The second-order valence-electron chi connectivity index (χ2n) is 15.4. The molecule has 7 rings (SSSR count). The van der Waals surface area contributed by atoms with Gasteiger partial charge in [0.05, 0.1) is 42.2 Å². The highest BCUT2D eigenvalue weighted by atomic mass is 16.7. The maximum Gasteiger partial charge on any atom is 0.311 e. The zero-order valence-electron chi connectivity index (χ0n) is 27.4. The minimum Gasteiger partial charge on any atom is -0.466 e. The number of hydrogen-bond donors (Lipinski definition) is 0. The van der Waals surface area contributed by atoms with E-state index < -0.39 is 93.8 Å². The molecule has 7 aliphatic rings. The zero-order chi connectivity index (χ0) is 32.6. The molecule has 5 aliphatic heterocycles. The van der Waals surface area contributed by atoms with Crippen molar-refractivity contribution in [3.8, 4) is 0 Å². The summed E-state index contributed by atoms with van der Waals surface area (Å²) in [6, 6.07) is 0. The molecule has 0 unspecified atom stereocenters. The van der Waals surface area contributed by atoms with Crippen molar-refractivity contribution in [1.82, 2.24) is 0 Å². The zero-order valence-corrected chi connectivity index (χ0v) is 27.4. The van der Waals surface area contributed by atoms with Gasteiger partial charge in [0.2, 0.25) is 11.6 Å². The van der Waals surface area contributed by atoms with Crippen molar-refractivity contribution >= 4 is 29.5 Å². The average Bonchev–Trinajstić information content (AvgIpc) is 3.42. The molecule has 45 heavy (non-hydrogen) atoms. The van der Waals surface area contributed by atoms with Crippen molar-refractivity contribution < 1.29 is 52.4 Å². The SMILES string of the molecule is CCOC(=O)C[C@H]1OC(C)(C)C2=C1C[C@]13CC[C@]4(C)C(=O)[C@@H](C)[C@]5(C)[C@H]6OC(=O)[C@@H](C)[C@H]6O[C@@](O1)(C(=O)[C@@H]3[C@@H](OC(C)=O)C2)[C@@H]54. The van der Waals surface area contributed by atoms with Crippen LogP contribution in [0.1, 0.15) is 87.5 Å². The molecule has 0 aromatic rings. The molecule has 5 fully saturated rings. The first-order chi connectivity index (χ1) is 21.0. The number of rotatable bonds is 4. The molecule has 2 spiro atoms. The smallest absolute Gasteiger partial charge is 0.311 e. The lowest BCUT2D eigenvalue weighted by Gasteiger charge is -2.55. The molecular weight excluding hydrogens is 584 g/mol. The van der Waals surface area contributed by atoms with Crippen LogP contribution in [0, 0.1) is 34.5 Å². The van der Waals surface area contributed by atoms with E-state index >= 15 is 4.79 Å². The normalized spacial score (nSPS) is 48.9. The third-order valence-electron chi connectivity index (χ3n) is 12.7. The van der Waals surface area contributed by atoms with Crippen molar-refractivity contribution in [2.45, 2.75) is 129 Å². The van der Waals surface area contributed by atoms with Gasteiger partial charge in [-0.1, -0.05) is 20.8 Å². The van der Waals surface area contributed by atoms with E-state index in [-0.39, 0.29) is 37.4 Å². The minimum atomic E-state index is -1.86. The Labute approximate surface area is 263 Å². The van der Waals surface area contributed by atoms with E-state index in [4.69, 9.17) is 28.4 Å². The van der Waals surface area contributed by atoms with Crippen LogP contribution in [0.4, 0.5) is 0 Å². The third kappa shape index (κ3) is 3.77. The first-order valence-electron chi connectivity index (χ1n) is 16.4. The summed E-state index contributed by atoms with van der Waals surface area (Å²) in [6.45, 7) is 14.5. The fourth-order valence-corrected chi connectivity index (χ4v) is 10.7. The summed E-state index contributed by atoms with van der Waals surface area (Å²) in [5.74, 6) is -6.42. The van der Waals surface area contributed by atoms with E-state index in [1.165, 1.54) is 6.92 Å². The number of Topliss-reactive ketones (excluding diaryl/α,β-unsaturated/α-hetero) is 2. The lowest BCUT2D eigenvalue weighted by Crippen LogP contribution is -2.67. The predicted molar refractivity (Wildman–Crippen MR) is 154 cm³/mol. The van der Waals surface area contributed by atoms with Gasteiger partial charge >= 0.3 is 17.9 Å². The number of carbonyl (C=O) groups is 5. The molecule has 11 nitrogen and oxygen atoms in total. The monoisotopic (exact) mass is 628 g/mol. The molecule has 1 saturated carbocycles. The quantitative estimate of drug-likeness (QED) is 0.257. The van der Waals surface area contributed by atoms with Crippen molar-refractivity contribution in [2.75, 3.05) is 6.61 Å². The van der Waals surface area contributed by atoms with E-state index in [1.54, 1.807) is 13.8 Å². The molecule has 246 valence electrons. The maximum absolute atomic E-state index is 15.3. The molecule has 0 N–H and O–H groups in total. The van der Waals surface area contributed by atoms with Crippen LogP contribution in [0.3, 0.4) is 0 Å². The lowest BCUT2D eigenvalue weighted by atomic mass is 9.56. The van der Waals surface area contributed by atoms with Gasteiger partial charge in [-0.25, -0.2) is 0 Å².